The van der Waals surface area contributed by atoms with Crippen molar-refractivity contribution in [1.29, 1.82) is 0 Å². The number of benzene rings is 4. The molecule has 0 bridgehead atoms. The number of halogens is 1. The number of ether oxygens (including phenoxy) is 1. The van der Waals surface area contributed by atoms with E-state index in [1.165, 1.54) is 45.5 Å². The zero-order valence-corrected chi connectivity index (χ0v) is 25.0. The number of carbonyl (C=O) groups is 1. The first kappa shape index (κ1) is 28.7. The van der Waals surface area contributed by atoms with E-state index in [2.05, 4.69) is 10.3 Å². The molecule has 12 heteroatoms. The smallest absolute Gasteiger partial charge is 0.255 e. The number of furan rings is 1. The molecule has 6 rings (SSSR count). The second kappa shape index (κ2) is 10.7. The van der Waals surface area contributed by atoms with Crippen molar-refractivity contribution in [2.24, 2.45) is 0 Å². The van der Waals surface area contributed by atoms with Gasteiger partial charge in [-0.05, 0) is 60.2 Å². The summed E-state index contributed by atoms with van der Waals surface area (Å²) in [6.07, 6.45) is 1.09. The van der Waals surface area contributed by atoms with Gasteiger partial charge in [-0.3, -0.25) is 9.10 Å². The molecule has 0 radical (unpaired) electrons. The first-order chi connectivity index (χ1) is 21.0. The van der Waals surface area contributed by atoms with Crippen molar-refractivity contribution in [3.8, 4) is 39.7 Å². The number of nitrogens with zero attached hydrogens (tertiary/aromatic N) is 2. The highest BCUT2D eigenvalue weighted by molar-refractivity contribution is 7.92. The van der Waals surface area contributed by atoms with Crippen molar-refractivity contribution in [1.82, 2.24) is 10.3 Å². The van der Waals surface area contributed by atoms with Crippen molar-refractivity contribution >= 4 is 49.4 Å². The van der Waals surface area contributed by atoms with Crippen LogP contribution in [0.2, 0.25) is 0 Å². The van der Waals surface area contributed by atoms with Crippen LogP contribution in [0.15, 0.2) is 81.6 Å². The van der Waals surface area contributed by atoms with E-state index >= 15 is 0 Å². The van der Waals surface area contributed by atoms with Gasteiger partial charge in [0.1, 0.15) is 28.4 Å². The van der Waals surface area contributed by atoms with Gasteiger partial charge in [0.25, 0.3) is 5.91 Å². The number of carbonyl (C=O) groups excluding carboxylic acids is 1. The van der Waals surface area contributed by atoms with Crippen LogP contribution >= 0.6 is 0 Å². The Labute approximate surface area is 251 Å². The maximum absolute atomic E-state index is 13.7. The van der Waals surface area contributed by atoms with Crippen LogP contribution in [0.1, 0.15) is 10.4 Å². The monoisotopic (exact) mass is 614 g/mol. The zero-order valence-electron chi connectivity index (χ0n) is 24.1. The molecule has 0 aliphatic rings. The van der Waals surface area contributed by atoms with Crippen molar-refractivity contribution in [3.63, 3.8) is 0 Å². The molecular formula is C32H27FN4O6S. The maximum atomic E-state index is 13.7. The van der Waals surface area contributed by atoms with Crippen LogP contribution in [0.4, 0.5) is 15.8 Å². The Bertz CT molecular complexity index is 2190. The number of methoxy groups -OCH3 is 1. The Balaban J connectivity index is 1.63. The lowest BCUT2D eigenvalue weighted by Gasteiger charge is -2.21. The second-order valence-electron chi connectivity index (χ2n) is 10.1. The van der Waals surface area contributed by atoms with Gasteiger partial charge < -0.3 is 24.6 Å². The molecule has 6 aromatic rings. The molecule has 0 aliphatic heterocycles. The Morgan fingerprint density at radius 1 is 0.955 bits per heavy atom. The maximum Gasteiger partial charge on any atom is 0.255 e. The van der Waals surface area contributed by atoms with E-state index in [9.17, 15) is 17.6 Å². The molecule has 2 aromatic heterocycles. The van der Waals surface area contributed by atoms with Gasteiger partial charge in [0.05, 0.1) is 30.2 Å². The number of sulfonamides is 1. The quantitative estimate of drug-likeness (QED) is 0.207. The summed E-state index contributed by atoms with van der Waals surface area (Å²) in [5.41, 5.74) is 10.4. The standard InChI is InChI=1S/C32H27FN4O6S/c1-35-31(38)29-22-15-21(18-7-12-26(41-3)23(13-18)32-36-24-11-10-20(34)14-28(24)43-32)25(37(2)44(4,39)40)16-27(22)42-30(29)17-5-8-19(33)9-6-17/h5-16H,34H2,1-4H3,(H,35,38). The number of nitrogens with one attached hydrogen (secondary N) is 1. The number of anilines is 2. The molecule has 224 valence electrons. The van der Waals surface area contributed by atoms with Crippen molar-refractivity contribution in [2.45, 2.75) is 0 Å². The van der Waals surface area contributed by atoms with Crippen molar-refractivity contribution < 1.29 is 31.2 Å². The van der Waals surface area contributed by atoms with E-state index < -0.39 is 21.7 Å². The Kier molecular flexibility index (Phi) is 7.01. The number of hydrogen-bond acceptors (Lipinski definition) is 8. The highest BCUT2D eigenvalue weighted by atomic mass is 32.2. The topological polar surface area (TPSA) is 141 Å². The summed E-state index contributed by atoms with van der Waals surface area (Å²) in [6.45, 7) is 0. The SMILES string of the molecule is CNC(=O)c1c(-c2ccc(F)cc2)oc2cc(N(C)S(C)(=O)=O)c(-c3ccc(OC)c(-c4nc5ccc(N)cc5o4)c3)cc12. The second-order valence-corrected chi connectivity index (χ2v) is 12.2. The molecule has 1 amide bonds. The van der Waals surface area contributed by atoms with Crippen LogP contribution in [-0.4, -0.2) is 46.8 Å². The Morgan fingerprint density at radius 2 is 1.68 bits per heavy atom. The van der Waals surface area contributed by atoms with Gasteiger partial charge >= 0.3 is 0 Å². The van der Waals surface area contributed by atoms with Gasteiger partial charge in [0.15, 0.2) is 5.58 Å². The zero-order chi connectivity index (χ0) is 31.3. The highest BCUT2D eigenvalue weighted by Gasteiger charge is 2.26. The van der Waals surface area contributed by atoms with Crippen LogP contribution in [0.3, 0.4) is 0 Å². The minimum Gasteiger partial charge on any atom is -0.496 e. The van der Waals surface area contributed by atoms with Gasteiger partial charge in [-0.15, -0.1) is 0 Å². The average molecular weight is 615 g/mol. The first-order valence-electron chi connectivity index (χ1n) is 13.4. The fourth-order valence-corrected chi connectivity index (χ4v) is 5.56. The number of aromatic nitrogens is 1. The molecule has 2 heterocycles. The van der Waals surface area contributed by atoms with Crippen molar-refractivity contribution in [2.75, 3.05) is 37.5 Å². The minimum absolute atomic E-state index is 0.214. The molecule has 0 saturated carbocycles. The molecule has 44 heavy (non-hydrogen) atoms. The third kappa shape index (κ3) is 4.98. The summed E-state index contributed by atoms with van der Waals surface area (Å²) >= 11 is 0. The largest absolute Gasteiger partial charge is 0.496 e. The van der Waals surface area contributed by atoms with E-state index in [1.54, 1.807) is 48.5 Å². The lowest BCUT2D eigenvalue weighted by Crippen LogP contribution is -2.25. The normalized spacial score (nSPS) is 11.7. The van der Waals surface area contributed by atoms with Crippen LogP contribution in [-0.2, 0) is 10.0 Å². The minimum atomic E-state index is -3.73. The number of hydrogen-bond donors (Lipinski definition) is 2. The Morgan fingerprint density at radius 3 is 2.36 bits per heavy atom. The van der Waals surface area contributed by atoms with E-state index in [0.717, 1.165) is 10.6 Å². The summed E-state index contributed by atoms with van der Waals surface area (Å²) in [5.74, 6) is 0.0881. The van der Waals surface area contributed by atoms with E-state index in [4.69, 9.17) is 19.3 Å². The molecule has 0 saturated heterocycles. The van der Waals surface area contributed by atoms with Crippen LogP contribution < -0.4 is 20.1 Å². The van der Waals surface area contributed by atoms with Gasteiger partial charge in [-0.2, -0.15) is 0 Å². The molecule has 10 nitrogen and oxygen atoms in total. The summed E-state index contributed by atoms with van der Waals surface area (Å²) in [4.78, 5) is 17.8. The fourth-order valence-electron chi connectivity index (χ4n) is 5.06. The molecule has 0 aliphatic carbocycles. The molecule has 3 N–H and O–H groups in total. The summed E-state index contributed by atoms with van der Waals surface area (Å²) < 4.78 is 58.2. The summed E-state index contributed by atoms with van der Waals surface area (Å²) in [7, 11) is 0.712. The lowest BCUT2D eigenvalue weighted by atomic mass is 9.97. The van der Waals surface area contributed by atoms with Gasteiger partial charge in [0, 0.05) is 48.4 Å². The molecule has 0 unspecified atom stereocenters. The molecule has 0 fully saturated rings. The number of fused-ring (bicyclic) bond motifs is 2. The van der Waals surface area contributed by atoms with E-state index in [-0.39, 0.29) is 22.8 Å². The predicted molar refractivity (Wildman–Crippen MR) is 168 cm³/mol. The van der Waals surface area contributed by atoms with Crippen LogP contribution in [0.5, 0.6) is 5.75 Å². The van der Waals surface area contributed by atoms with E-state index in [0.29, 0.717) is 55.9 Å². The van der Waals surface area contributed by atoms with Crippen LogP contribution in [0.25, 0.3) is 56.0 Å². The third-order valence-electron chi connectivity index (χ3n) is 7.36. The highest BCUT2D eigenvalue weighted by Crippen LogP contribution is 2.43. The average Bonchev–Trinajstić information content (AvgIpc) is 3.60. The fraction of sp³-hybridized carbons (Fsp3) is 0.125. The molecule has 0 atom stereocenters. The molecule has 0 spiro atoms. The van der Waals surface area contributed by atoms with E-state index in [1.807, 2.05) is 0 Å². The van der Waals surface area contributed by atoms with Gasteiger partial charge in [-0.1, -0.05) is 6.07 Å². The number of oxazole rings is 1. The number of rotatable bonds is 7. The summed E-state index contributed by atoms with van der Waals surface area (Å²) in [5, 5.41) is 3.07. The predicted octanol–water partition coefficient (Wildman–Crippen LogP) is 6.06. The summed E-state index contributed by atoms with van der Waals surface area (Å²) in [6, 6.07) is 19.2. The third-order valence-corrected chi connectivity index (χ3v) is 8.55. The molecule has 4 aromatic carbocycles. The van der Waals surface area contributed by atoms with Crippen LogP contribution in [0, 0.1) is 5.82 Å². The number of nitrogens with two attached hydrogens (primary N) is 1. The Hall–Kier alpha value is -5.36. The number of amides is 1. The lowest BCUT2D eigenvalue weighted by molar-refractivity contribution is 0.0964. The van der Waals surface area contributed by atoms with Gasteiger partial charge in [-0.25, -0.2) is 17.8 Å². The van der Waals surface area contributed by atoms with Crippen molar-refractivity contribution in [3.05, 3.63) is 84.2 Å². The molecular weight excluding hydrogens is 587 g/mol. The van der Waals surface area contributed by atoms with Gasteiger partial charge in [0.2, 0.25) is 15.9 Å². The first-order valence-corrected chi connectivity index (χ1v) is 15.2. The number of nitrogen functional groups attached to an aromatic ring is 1.